The van der Waals surface area contributed by atoms with Crippen LogP contribution in [0.3, 0.4) is 0 Å². The monoisotopic (exact) mass is 411 g/mol. The normalized spacial score (nSPS) is 22.8. The van der Waals surface area contributed by atoms with Gasteiger partial charge in [-0.1, -0.05) is 19.3 Å². The smallest absolute Gasteiger partial charge is 0.271 e. The largest absolute Gasteiger partial charge is 0.467 e. The molecular formula is C22H25N3O3S. The number of carbonyl (C=O) groups excluding carboxylic acids is 2. The zero-order valence-corrected chi connectivity index (χ0v) is 17.3. The van der Waals surface area contributed by atoms with Crippen molar-refractivity contribution in [1.29, 1.82) is 0 Å². The van der Waals surface area contributed by atoms with Crippen LogP contribution < -0.4 is 5.32 Å². The number of furan rings is 1. The van der Waals surface area contributed by atoms with Crippen LogP contribution in [-0.4, -0.2) is 32.9 Å². The van der Waals surface area contributed by atoms with Gasteiger partial charge >= 0.3 is 0 Å². The first-order chi connectivity index (χ1) is 14.1. The average Bonchev–Trinajstić information content (AvgIpc) is 3.45. The Balaban J connectivity index is 1.53. The van der Waals surface area contributed by atoms with Crippen LogP contribution in [0.25, 0.3) is 10.2 Å². The Bertz CT molecular complexity index is 1040. The van der Waals surface area contributed by atoms with Crippen molar-refractivity contribution in [3.05, 3.63) is 47.4 Å². The van der Waals surface area contributed by atoms with Crippen LogP contribution in [0.2, 0.25) is 0 Å². The molecule has 152 valence electrons. The minimum absolute atomic E-state index is 0.0768. The third-order valence-electron chi connectivity index (χ3n) is 6.37. The van der Waals surface area contributed by atoms with E-state index in [0.29, 0.717) is 18.0 Å². The van der Waals surface area contributed by atoms with Gasteiger partial charge in [-0.3, -0.25) is 9.59 Å². The molecule has 7 heteroatoms. The molecule has 0 aromatic carbocycles. The second kappa shape index (κ2) is 7.06. The van der Waals surface area contributed by atoms with E-state index in [1.54, 1.807) is 22.5 Å². The summed E-state index contributed by atoms with van der Waals surface area (Å²) in [6, 6.07) is 7.82. The highest BCUT2D eigenvalue weighted by molar-refractivity contribution is 7.17. The molecule has 0 bridgehead atoms. The lowest BCUT2D eigenvalue weighted by atomic mass is 9.91. The Kier molecular flexibility index (Phi) is 4.50. The van der Waals surface area contributed by atoms with Crippen LogP contribution in [-0.2, 0) is 17.9 Å². The molecule has 29 heavy (non-hydrogen) atoms. The summed E-state index contributed by atoms with van der Waals surface area (Å²) in [6.45, 7) is 2.60. The standard InChI is InChI=1S/C22H25N3O3S/c1-22(21(27)23-15-6-3-2-4-7-15)14-24-17-9-11-29-19(17)12-18(24)20(26)25(22)13-16-8-5-10-28-16/h5,8-12,15H,2-4,6-7,13-14H2,1H3,(H,23,27)/t22-/m0/s1. The summed E-state index contributed by atoms with van der Waals surface area (Å²) in [6.07, 6.45) is 7.15. The number of amides is 2. The molecule has 3 aromatic rings. The van der Waals surface area contributed by atoms with Gasteiger partial charge in [-0.25, -0.2) is 0 Å². The second-order valence-electron chi connectivity index (χ2n) is 8.34. The SMILES string of the molecule is C[C@@]1(C(=O)NC2CCCCC2)Cn2c(cc3sccc32)C(=O)N1Cc1ccco1. The minimum Gasteiger partial charge on any atom is -0.467 e. The Morgan fingerprint density at radius 3 is 2.90 bits per heavy atom. The summed E-state index contributed by atoms with van der Waals surface area (Å²) >= 11 is 1.62. The first-order valence-electron chi connectivity index (χ1n) is 10.3. The van der Waals surface area contributed by atoms with Crippen molar-refractivity contribution in [1.82, 2.24) is 14.8 Å². The van der Waals surface area contributed by atoms with Gasteiger partial charge in [0.2, 0.25) is 5.91 Å². The minimum atomic E-state index is -0.984. The van der Waals surface area contributed by atoms with Gasteiger partial charge in [-0.05, 0) is 49.4 Å². The van der Waals surface area contributed by atoms with Crippen LogP contribution in [0.5, 0.6) is 0 Å². The summed E-state index contributed by atoms with van der Waals surface area (Å²) in [5.41, 5.74) is 0.677. The molecule has 1 fully saturated rings. The fourth-order valence-corrected chi connectivity index (χ4v) is 5.49. The van der Waals surface area contributed by atoms with Gasteiger partial charge in [-0.15, -0.1) is 11.3 Å². The Labute approximate surface area is 173 Å². The maximum Gasteiger partial charge on any atom is 0.271 e. The molecule has 0 spiro atoms. The molecule has 4 heterocycles. The van der Waals surface area contributed by atoms with E-state index >= 15 is 0 Å². The lowest BCUT2D eigenvalue weighted by Gasteiger charge is -2.44. The van der Waals surface area contributed by atoms with Crippen LogP contribution >= 0.6 is 11.3 Å². The van der Waals surface area contributed by atoms with Crippen molar-refractivity contribution in [2.45, 2.75) is 63.7 Å². The van der Waals surface area contributed by atoms with E-state index in [0.717, 1.165) is 35.9 Å². The zero-order valence-electron chi connectivity index (χ0n) is 16.5. The first kappa shape index (κ1) is 18.5. The van der Waals surface area contributed by atoms with Crippen molar-refractivity contribution in [2.24, 2.45) is 0 Å². The summed E-state index contributed by atoms with van der Waals surface area (Å²) in [7, 11) is 0. The Hall–Kier alpha value is -2.54. The fourth-order valence-electron chi connectivity index (χ4n) is 4.67. The van der Waals surface area contributed by atoms with Gasteiger partial charge in [0.05, 0.1) is 29.6 Å². The van der Waals surface area contributed by atoms with E-state index < -0.39 is 5.54 Å². The van der Waals surface area contributed by atoms with Crippen molar-refractivity contribution in [2.75, 3.05) is 0 Å². The number of fused-ring (bicyclic) bond motifs is 3. The topological polar surface area (TPSA) is 67.5 Å². The predicted molar refractivity (Wildman–Crippen MR) is 112 cm³/mol. The van der Waals surface area contributed by atoms with Crippen LogP contribution in [0.1, 0.15) is 55.3 Å². The molecule has 5 rings (SSSR count). The Morgan fingerprint density at radius 1 is 1.31 bits per heavy atom. The second-order valence-corrected chi connectivity index (χ2v) is 9.29. The fraction of sp³-hybridized carbons (Fsp3) is 0.455. The molecule has 1 aliphatic carbocycles. The maximum atomic E-state index is 13.5. The molecule has 1 atom stereocenters. The molecule has 1 N–H and O–H groups in total. The number of nitrogens with zero attached hydrogens (tertiary/aromatic N) is 2. The van der Waals surface area contributed by atoms with Gasteiger partial charge in [0, 0.05) is 6.04 Å². The van der Waals surface area contributed by atoms with Crippen molar-refractivity contribution < 1.29 is 14.0 Å². The summed E-state index contributed by atoms with van der Waals surface area (Å²) in [5, 5.41) is 5.27. The molecule has 0 saturated heterocycles. The molecule has 2 amide bonds. The van der Waals surface area contributed by atoms with Crippen LogP contribution in [0.15, 0.2) is 40.3 Å². The molecule has 2 aliphatic rings. The Morgan fingerprint density at radius 2 is 2.14 bits per heavy atom. The van der Waals surface area contributed by atoms with E-state index in [1.165, 1.54) is 6.42 Å². The van der Waals surface area contributed by atoms with Gasteiger partial charge in [0.1, 0.15) is 17.0 Å². The van der Waals surface area contributed by atoms with Crippen LogP contribution in [0, 0.1) is 0 Å². The lowest BCUT2D eigenvalue weighted by molar-refractivity contribution is -0.134. The molecule has 1 aliphatic heterocycles. The molecule has 1 saturated carbocycles. The van der Waals surface area contributed by atoms with E-state index in [9.17, 15) is 9.59 Å². The highest BCUT2D eigenvalue weighted by atomic mass is 32.1. The zero-order chi connectivity index (χ0) is 20.0. The summed E-state index contributed by atoms with van der Waals surface area (Å²) in [4.78, 5) is 28.7. The molecular weight excluding hydrogens is 386 g/mol. The predicted octanol–water partition coefficient (Wildman–Crippen LogP) is 4.16. The van der Waals surface area contributed by atoms with Gasteiger partial charge in [0.25, 0.3) is 5.91 Å². The van der Waals surface area contributed by atoms with Crippen molar-refractivity contribution in [3.8, 4) is 0 Å². The molecule has 3 aromatic heterocycles. The lowest BCUT2D eigenvalue weighted by Crippen LogP contribution is -2.64. The molecule has 0 unspecified atom stereocenters. The average molecular weight is 412 g/mol. The number of thiophene rings is 1. The summed E-state index contributed by atoms with van der Waals surface area (Å²) in [5.74, 6) is 0.473. The van der Waals surface area contributed by atoms with E-state index in [4.69, 9.17) is 4.42 Å². The number of nitrogens with one attached hydrogen (secondary N) is 1. The van der Waals surface area contributed by atoms with E-state index in [-0.39, 0.29) is 24.4 Å². The molecule has 6 nitrogen and oxygen atoms in total. The van der Waals surface area contributed by atoms with Crippen LogP contribution in [0.4, 0.5) is 0 Å². The summed E-state index contributed by atoms with van der Waals surface area (Å²) < 4.78 is 8.59. The van der Waals surface area contributed by atoms with Gasteiger partial charge in [-0.2, -0.15) is 0 Å². The van der Waals surface area contributed by atoms with Gasteiger partial charge in [0.15, 0.2) is 0 Å². The number of carbonyl (C=O) groups is 2. The van der Waals surface area contributed by atoms with Crippen molar-refractivity contribution >= 4 is 33.4 Å². The number of hydrogen-bond donors (Lipinski definition) is 1. The quantitative estimate of drug-likeness (QED) is 0.701. The first-order valence-corrected chi connectivity index (χ1v) is 11.2. The number of rotatable bonds is 4. The number of aromatic nitrogens is 1. The maximum absolute atomic E-state index is 13.5. The van der Waals surface area contributed by atoms with E-state index in [2.05, 4.69) is 5.32 Å². The third-order valence-corrected chi connectivity index (χ3v) is 7.23. The van der Waals surface area contributed by atoms with E-state index in [1.807, 2.05) is 41.1 Å². The highest BCUT2D eigenvalue weighted by Gasteiger charge is 2.48. The highest BCUT2D eigenvalue weighted by Crippen LogP contribution is 2.35. The third kappa shape index (κ3) is 3.08. The van der Waals surface area contributed by atoms with Gasteiger partial charge < -0.3 is 19.2 Å². The van der Waals surface area contributed by atoms with Crippen molar-refractivity contribution in [3.63, 3.8) is 0 Å². The molecule has 0 radical (unpaired) electrons. The number of hydrogen-bond acceptors (Lipinski definition) is 4.